The van der Waals surface area contributed by atoms with Gasteiger partial charge in [-0.15, -0.1) is 0 Å². The standard InChI is InChI=1S/C12H11Cl2NO/c1-15-12(10-6-7-11(14)16-10)8-2-4-9(13)5-3-8/h2-7,12,15H,1H3. The quantitative estimate of drug-likeness (QED) is 0.901. The van der Waals surface area contributed by atoms with Gasteiger partial charge in [-0.3, -0.25) is 0 Å². The zero-order valence-corrected chi connectivity index (χ0v) is 10.2. The zero-order valence-electron chi connectivity index (χ0n) is 8.71. The average molecular weight is 256 g/mol. The molecule has 1 unspecified atom stereocenters. The highest BCUT2D eigenvalue weighted by Gasteiger charge is 2.15. The molecule has 84 valence electrons. The van der Waals surface area contributed by atoms with Gasteiger partial charge in [0.2, 0.25) is 0 Å². The van der Waals surface area contributed by atoms with E-state index in [2.05, 4.69) is 5.32 Å². The first kappa shape index (κ1) is 11.5. The van der Waals surface area contributed by atoms with Gasteiger partial charge in [-0.05, 0) is 48.5 Å². The molecule has 1 aromatic carbocycles. The summed E-state index contributed by atoms with van der Waals surface area (Å²) in [5, 5.41) is 4.28. The van der Waals surface area contributed by atoms with Crippen molar-refractivity contribution >= 4 is 23.2 Å². The molecule has 0 amide bonds. The Morgan fingerprint density at radius 1 is 1.06 bits per heavy atom. The van der Waals surface area contributed by atoms with Crippen LogP contribution in [0.5, 0.6) is 0 Å². The van der Waals surface area contributed by atoms with Crippen molar-refractivity contribution in [3.8, 4) is 0 Å². The molecule has 1 N–H and O–H groups in total. The minimum atomic E-state index is -0.00948. The second-order valence-electron chi connectivity index (χ2n) is 3.42. The molecule has 0 aliphatic carbocycles. The summed E-state index contributed by atoms with van der Waals surface area (Å²) in [4.78, 5) is 0. The van der Waals surface area contributed by atoms with Gasteiger partial charge in [0.15, 0.2) is 5.22 Å². The lowest BCUT2D eigenvalue weighted by Crippen LogP contribution is -2.16. The van der Waals surface area contributed by atoms with Crippen molar-refractivity contribution in [1.82, 2.24) is 5.32 Å². The lowest BCUT2D eigenvalue weighted by atomic mass is 10.1. The summed E-state index contributed by atoms with van der Waals surface area (Å²) in [5.74, 6) is 0.787. The van der Waals surface area contributed by atoms with Gasteiger partial charge in [0.1, 0.15) is 5.76 Å². The summed E-state index contributed by atoms with van der Waals surface area (Å²) in [5.41, 5.74) is 1.08. The molecule has 0 aliphatic heterocycles. The third-order valence-corrected chi connectivity index (χ3v) is 2.83. The molecule has 2 nitrogen and oxygen atoms in total. The Kier molecular flexibility index (Phi) is 3.54. The molecule has 0 spiro atoms. The molecule has 4 heteroatoms. The predicted octanol–water partition coefficient (Wildman–Crippen LogP) is 3.90. The van der Waals surface area contributed by atoms with Crippen LogP contribution in [0.15, 0.2) is 40.8 Å². The largest absolute Gasteiger partial charge is 0.448 e. The maximum Gasteiger partial charge on any atom is 0.193 e. The number of furan rings is 1. The highest BCUT2D eigenvalue weighted by molar-refractivity contribution is 6.30. The molecular weight excluding hydrogens is 245 g/mol. The highest BCUT2D eigenvalue weighted by atomic mass is 35.5. The van der Waals surface area contributed by atoms with Crippen LogP contribution in [0.4, 0.5) is 0 Å². The smallest absolute Gasteiger partial charge is 0.193 e. The van der Waals surface area contributed by atoms with Crippen LogP contribution in [0.3, 0.4) is 0 Å². The third-order valence-electron chi connectivity index (χ3n) is 2.37. The van der Waals surface area contributed by atoms with E-state index in [0.717, 1.165) is 16.3 Å². The monoisotopic (exact) mass is 255 g/mol. The van der Waals surface area contributed by atoms with Crippen LogP contribution in [0.25, 0.3) is 0 Å². The number of nitrogens with one attached hydrogen (secondary N) is 1. The normalized spacial score (nSPS) is 12.7. The topological polar surface area (TPSA) is 25.2 Å². The van der Waals surface area contributed by atoms with Crippen LogP contribution >= 0.6 is 23.2 Å². The molecule has 0 saturated carbocycles. The van der Waals surface area contributed by atoms with E-state index in [-0.39, 0.29) is 6.04 Å². The first-order valence-electron chi connectivity index (χ1n) is 4.88. The van der Waals surface area contributed by atoms with Gasteiger partial charge in [-0.2, -0.15) is 0 Å². The Bertz CT molecular complexity index is 464. The molecule has 1 atom stereocenters. The number of rotatable bonds is 3. The SMILES string of the molecule is CNC(c1ccc(Cl)cc1)c1ccc(Cl)o1. The molecule has 0 fully saturated rings. The Hall–Kier alpha value is -0.960. The van der Waals surface area contributed by atoms with Crippen molar-refractivity contribution in [2.24, 2.45) is 0 Å². The minimum absolute atomic E-state index is 0.00948. The van der Waals surface area contributed by atoms with E-state index in [9.17, 15) is 0 Å². The Labute approximate surface area is 104 Å². The number of halogens is 2. The molecule has 16 heavy (non-hydrogen) atoms. The minimum Gasteiger partial charge on any atom is -0.448 e. The van der Waals surface area contributed by atoms with E-state index < -0.39 is 0 Å². The van der Waals surface area contributed by atoms with Gasteiger partial charge >= 0.3 is 0 Å². The second kappa shape index (κ2) is 4.91. The van der Waals surface area contributed by atoms with Gasteiger partial charge in [0.05, 0.1) is 6.04 Å². The van der Waals surface area contributed by atoms with E-state index in [1.54, 1.807) is 6.07 Å². The average Bonchev–Trinajstić information content (AvgIpc) is 2.69. The zero-order chi connectivity index (χ0) is 11.5. The van der Waals surface area contributed by atoms with Crippen LogP contribution in [-0.2, 0) is 0 Å². The van der Waals surface area contributed by atoms with Crippen LogP contribution in [0.1, 0.15) is 17.4 Å². The fourth-order valence-corrected chi connectivity index (χ4v) is 1.89. The first-order valence-corrected chi connectivity index (χ1v) is 5.64. The third kappa shape index (κ3) is 2.40. The fraction of sp³-hybridized carbons (Fsp3) is 0.167. The summed E-state index contributed by atoms with van der Waals surface area (Å²) in [7, 11) is 1.87. The molecule has 0 saturated heterocycles. The second-order valence-corrected chi connectivity index (χ2v) is 4.22. The Morgan fingerprint density at radius 3 is 2.25 bits per heavy atom. The van der Waals surface area contributed by atoms with Gasteiger partial charge < -0.3 is 9.73 Å². The molecule has 1 heterocycles. The molecule has 1 aromatic heterocycles. The number of hydrogen-bond donors (Lipinski definition) is 1. The van der Waals surface area contributed by atoms with Crippen molar-refractivity contribution in [2.75, 3.05) is 7.05 Å². The summed E-state index contributed by atoms with van der Waals surface area (Å²) in [6, 6.07) is 11.2. The van der Waals surface area contributed by atoms with Crippen molar-refractivity contribution in [2.45, 2.75) is 6.04 Å². The summed E-state index contributed by atoms with van der Waals surface area (Å²) in [6.07, 6.45) is 0. The van der Waals surface area contributed by atoms with Crippen LogP contribution < -0.4 is 5.32 Å². The molecule has 0 aliphatic rings. The van der Waals surface area contributed by atoms with E-state index in [4.69, 9.17) is 27.6 Å². The van der Waals surface area contributed by atoms with E-state index in [1.807, 2.05) is 37.4 Å². The van der Waals surface area contributed by atoms with E-state index in [1.165, 1.54) is 0 Å². The lowest BCUT2D eigenvalue weighted by molar-refractivity contribution is 0.465. The maximum atomic E-state index is 5.84. The molecule has 0 radical (unpaired) electrons. The van der Waals surface area contributed by atoms with Crippen molar-refractivity contribution in [1.29, 1.82) is 0 Å². The highest BCUT2D eigenvalue weighted by Crippen LogP contribution is 2.26. The molecule has 2 aromatic rings. The summed E-state index contributed by atoms with van der Waals surface area (Å²) < 4.78 is 5.39. The fourth-order valence-electron chi connectivity index (χ4n) is 1.61. The Morgan fingerprint density at radius 2 is 1.75 bits per heavy atom. The van der Waals surface area contributed by atoms with Crippen LogP contribution in [0.2, 0.25) is 10.2 Å². The van der Waals surface area contributed by atoms with Crippen molar-refractivity contribution < 1.29 is 4.42 Å². The summed E-state index contributed by atoms with van der Waals surface area (Å²) in [6.45, 7) is 0. The van der Waals surface area contributed by atoms with Gasteiger partial charge in [-0.1, -0.05) is 23.7 Å². The predicted molar refractivity (Wildman–Crippen MR) is 66.1 cm³/mol. The van der Waals surface area contributed by atoms with Gasteiger partial charge in [0, 0.05) is 5.02 Å². The summed E-state index contributed by atoms with van der Waals surface area (Å²) >= 11 is 11.6. The molecule has 0 bridgehead atoms. The number of hydrogen-bond acceptors (Lipinski definition) is 2. The van der Waals surface area contributed by atoms with Crippen molar-refractivity contribution in [3.05, 3.63) is 58.0 Å². The molecule has 2 rings (SSSR count). The molecular formula is C12H11Cl2NO. The van der Waals surface area contributed by atoms with E-state index in [0.29, 0.717) is 5.22 Å². The van der Waals surface area contributed by atoms with Gasteiger partial charge in [0.25, 0.3) is 0 Å². The Balaban J connectivity index is 2.32. The van der Waals surface area contributed by atoms with Crippen LogP contribution in [0, 0.1) is 0 Å². The first-order chi connectivity index (χ1) is 7.70. The number of benzene rings is 1. The lowest BCUT2D eigenvalue weighted by Gasteiger charge is -2.13. The van der Waals surface area contributed by atoms with Gasteiger partial charge in [-0.25, -0.2) is 0 Å². The van der Waals surface area contributed by atoms with Crippen molar-refractivity contribution in [3.63, 3.8) is 0 Å². The maximum absolute atomic E-state index is 5.84. The van der Waals surface area contributed by atoms with Crippen LogP contribution in [-0.4, -0.2) is 7.05 Å². The van der Waals surface area contributed by atoms with E-state index >= 15 is 0 Å².